The molecule has 0 aromatic carbocycles. The van der Waals surface area contributed by atoms with Crippen molar-refractivity contribution in [3.8, 4) is 0 Å². The Morgan fingerprint density at radius 3 is 2.42 bits per heavy atom. The summed E-state index contributed by atoms with van der Waals surface area (Å²) in [6, 6.07) is 3.09. The average Bonchev–Trinajstić information content (AvgIpc) is 2.03. The van der Waals surface area contributed by atoms with Crippen LogP contribution >= 0.6 is 12.4 Å². The van der Waals surface area contributed by atoms with Crippen molar-refractivity contribution in [2.24, 2.45) is 10.1 Å². The summed E-state index contributed by atoms with van der Waals surface area (Å²) in [5.41, 5.74) is 0. The third-order valence-corrected chi connectivity index (χ3v) is 1.66. The number of halogens is 1. The van der Waals surface area contributed by atoms with E-state index in [1.807, 2.05) is 19.0 Å². The molecule has 0 aromatic heterocycles. The van der Waals surface area contributed by atoms with Crippen molar-refractivity contribution in [1.82, 2.24) is 5.01 Å². The van der Waals surface area contributed by atoms with Crippen LogP contribution in [0.1, 0.15) is 27.2 Å². The second-order valence-corrected chi connectivity index (χ2v) is 2.51. The average molecular weight is 192 g/mol. The number of hydrazone groups is 1. The van der Waals surface area contributed by atoms with E-state index >= 15 is 0 Å². The first-order valence-electron chi connectivity index (χ1n) is 4.07. The Hall–Kier alpha value is -0.530. The van der Waals surface area contributed by atoms with E-state index < -0.39 is 0 Å². The number of nitrogens with zero attached hydrogens (tertiary/aromatic N) is 3. The molecule has 4 heteroatoms. The Kier molecular flexibility index (Phi) is 10.0. The third-order valence-electron chi connectivity index (χ3n) is 1.66. The molecule has 3 nitrogen and oxygen atoms in total. The van der Waals surface area contributed by atoms with Crippen LogP contribution in [0.5, 0.6) is 0 Å². The minimum Gasteiger partial charge on any atom is -0.288 e. The number of rotatable bonds is 4. The molecule has 0 N–H and O–H groups in total. The van der Waals surface area contributed by atoms with E-state index in [2.05, 4.69) is 29.9 Å². The molecule has 0 aliphatic heterocycles. The van der Waals surface area contributed by atoms with Crippen molar-refractivity contribution >= 4 is 18.4 Å². The van der Waals surface area contributed by atoms with Crippen LogP contribution in [0.15, 0.2) is 10.1 Å². The molecule has 0 saturated carbocycles. The maximum absolute atomic E-state index is 4.00. The second kappa shape index (κ2) is 8.57. The first-order valence-corrected chi connectivity index (χ1v) is 4.07. The molecule has 0 rings (SSSR count). The van der Waals surface area contributed by atoms with Gasteiger partial charge in [0.15, 0.2) is 0 Å². The fourth-order valence-corrected chi connectivity index (χ4v) is 0.536. The lowest BCUT2D eigenvalue weighted by atomic mass is 10.3. The van der Waals surface area contributed by atoms with Gasteiger partial charge in [-0.2, -0.15) is 0 Å². The predicted octanol–water partition coefficient (Wildman–Crippen LogP) is 2.25. The van der Waals surface area contributed by atoms with Crippen LogP contribution in [0.3, 0.4) is 0 Å². The lowest BCUT2D eigenvalue weighted by molar-refractivity contribution is 0.266. The van der Waals surface area contributed by atoms with Crippen molar-refractivity contribution in [3.63, 3.8) is 0 Å². The van der Waals surface area contributed by atoms with Crippen LogP contribution in [0.25, 0.3) is 0 Å². The van der Waals surface area contributed by atoms with Gasteiger partial charge in [0.25, 0.3) is 0 Å². The highest BCUT2D eigenvalue weighted by Gasteiger charge is 2.00. The molecule has 0 radical (unpaired) electrons. The number of aliphatic imine (C=N–C) groups is 1. The van der Waals surface area contributed by atoms with Crippen molar-refractivity contribution < 1.29 is 0 Å². The summed E-state index contributed by atoms with van der Waals surface area (Å²) in [6.45, 7) is 6.97. The largest absolute Gasteiger partial charge is 0.288 e. The zero-order valence-electron chi connectivity index (χ0n) is 8.24. The molecule has 0 saturated heterocycles. The summed E-state index contributed by atoms with van der Waals surface area (Å²) < 4.78 is 0. The Bertz CT molecular complexity index is 152. The van der Waals surface area contributed by atoms with Crippen molar-refractivity contribution in [3.05, 3.63) is 0 Å². The van der Waals surface area contributed by atoms with Gasteiger partial charge in [0, 0.05) is 19.6 Å². The topological polar surface area (TPSA) is 28.0 Å². The van der Waals surface area contributed by atoms with Gasteiger partial charge in [-0.3, -0.25) is 5.01 Å². The van der Waals surface area contributed by atoms with Gasteiger partial charge in [-0.05, 0) is 20.3 Å². The summed E-state index contributed by atoms with van der Waals surface area (Å²) in [5, 5.41) is 5.88. The molecule has 0 aromatic rings. The highest BCUT2D eigenvalue weighted by Crippen LogP contribution is 1.98. The predicted molar refractivity (Wildman–Crippen MR) is 55.2 cm³/mol. The summed E-state index contributed by atoms with van der Waals surface area (Å²) in [7, 11) is 1.94. The quantitative estimate of drug-likeness (QED) is 0.495. The van der Waals surface area contributed by atoms with Gasteiger partial charge in [0.05, 0.1) is 0 Å². The van der Waals surface area contributed by atoms with Gasteiger partial charge in [-0.15, -0.1) is 17.5 Å². The van der Waals surface area contributed by atoms with Gasteiger partial charge in [-0.1, -0.05) is 6.92 Å². The smallest absolute Gasteiger partial charge is 0.114 e. The summed E-state index contributed by atoms with van der Waals surface area (Å²) in [5.74, 6) is 0. The van der Waals surface area contributed by atoms with Crippen molar-refractivity contribution in [1.29, 1.82) is 0 Å². The highest BCUT2D eigenvalue weighted by molar-refractivity contribution is 5.85. The summed E-state index contributed by atoms with van der Waals surface area (Å²) in [4.78, 5) is 3.87. The van der Waals surface area contributed by atoms with E-state index in [4.69, 9.17) is 0 Å². The SMILES string of the molecule is CCN=C=NN(C)C(C)CC.Cl. The monoisotopic (exact) mass is 191 g/mol. The third kappa shape index (κ3) is 6.20. The number of hydrogen-bond acceptors (Lipinski definition) is 3. The lowest BCUT2D eigenvalue weighted by Crippen LogP contribution is -2.22. The van der Waals surface area contributed by atoms with Crippen LogP contribution in [-0.2, 0) is 0 Å². The van der Waals surface area contributed by atoms with E-state index in [9.17, 15) is 0 Å². The maximum atomic E-state index is 4.00. The Morgan fingerprint density at radius 2 is 2.00 bits per heavy atom. The molecule has 0 aliphatic rings. The van der Waals surface area contributed by atoms with Crippen LogP contribution in [0.4, 0.5) is 0 Å². The fourth-order valence-electron chi connectivity index (χ4n) is 0.536. The zero-order valence-corrected chi connectivity index (χ0v) is 9.06. The van der Waals surface area contributed by atoms with E-state index in [0.717, 1.165) is 13.0 Å². The highest BCUT2D eigenvalue weighted by atomic mass is 35.5. The molecule has 72 valence electrons. The van der Waals surface area contributed by atoms with E-state index in [-0.39, 0.29) is 12.4 Å². The Morgan fingerprint density at radius 1 is 1.42 bits per heavy atom. The summed E-state index contributed by atoms with van der Waals surface area (Å²) >= 11 is 0. The standard InChI is InChI=1S/C8H17N3.ClH/c1-5-8(3)11(4)10-7-9-6-2;/h8H,5-6H2,1-4H3;1H. The van der Waals surface area contributed by atoms with Crippen LogP contribution in [0.2, 0.25) is 0 Å². The fraction of sp³-hybridized carbons (Fsp3) is 0.875. The van der Waals surface area contributed by atoms with Crippen LogP contribution in [-0.4, -0.2) is 30.7 Å². The van der Waals surface area contributed by atoms with Gasteiger partial charge in [0.2, 0.25) is 0 Å². The second-order valence-electron chi connectivity index (χ2n) is 2.51. The molecule has 1 atom stereocenters. The van der Waals surface area contributed by atoms with Gasteiger partial charge in [0.1, 0.15) is 6.01 Å². The summed E-state index contributed by atoms with van der Waals surface area (Å²) in [6.07, 6.45) is 1.09. The van der Waals surface area contributed by atoms with Crippen molar-refractivity contribution in [2.45, 2.75) is 33.2 Å². The minimum atomic E-state index is 0. The molecule has 12 heavy (non-hydrogen) atoms. The van der Waals surface area contributed by atoms with Crippen LogP contribution in [0, 0.1) is 0 Å². The maximum Gasteiger partial charge on any atom is 0.114 e. The molecule has 0 spiro atoms. The van der Waals surface area contributed by atoms with Crippen LogP contribution < -0.4 is 0 Å². The van der Waals surface area contributed by atoms with Gasteiger partial charge in [-0.25, -0.2) is 4.99 Å². The first-order chi connectivity index (χ1) is 5.22. The lowest BCUT2D eigenvalue weighted by Gasteiger charge is -2.17. The Balaban J connectivity index is 0. The van der Waals surface area contributed by atoms with E-state index in [0.29, 0.717) is 6.04 Å². The molecule has 0 heterocycles. The molecule has 0 aliphatic carbocycles. The molecule has 0 fully saturated rings. The first kappa shape index (κ1) is 14.0. The van der Waals surface area contributed by atoms with Gasteiger partial charge >= 0.3 is 0 Å². The molecule has 0 amide bonds. The minimum absolute atomic E-state index is 0. The zero-order chi connectivity index (χ0) is 8.69. The van der Waals surface area contributed by atoms with Crippen molar-refractivity contribution in [2.75, 3.05) is 13.6 Å². The number of hydrogen-bond donors (Lipinski definition) is 0. The molecule has 1 unspecified atom stereocenters. The normalized spacial score (nSPS) is 10.7. The van der Waals surface area contributed by atoms with Gasteiger partial charge < -0.3 is 0 Å². The Labute approximate surface area is 81.0 Å². The van der Waals surface area contributed by atoms with E-state index in [1.165, 1.54) is 0 Å². The molecule has 0 bridgehead atoms. The molecular formula is C8H18ClN3. The molecular weight excluding hydrogens is 174 g/mol. The van der Waals surface area contributed by atoms with E-state index in [1.54, 1.807) is 0 Å².